The van der Waals surface area contributed by atoms with Gasteiger partial charge in [-0.15, -0.1) is 0 Å². The Bertz CT molecular complexity index is 397. The van der Waals surface area contributed by atoms with Gasteiger partial charge in [-0.25, -0.2) is 0 Å². The summed E-state index contributed by atoms with van der Waals surface area (Å²) in [6.45, 7) is 0. The third-order valence-corrected chi connectivity index (χ3v) is 2.10. The molecule has 2 N–H and O–H groups in total. The molecule has 0 heterocycles. The number of hydrogen-bond acceptors (Lipinski definition) is 2. The van der Waals surface area contributed by atoms with E-state index in [1.807, 2.05) is 24.3 Å². The molecule has 0 atom stereocenters. The highest BCUT2D eigenvalue weighted by Gasteiger charge is 2.17. The van der Waals surface area contributed by atoms with Crippen LogP contribution in [-0.4, -0.2) is 0 Å². The van der Waals surface area contributed by atoms with Crippen LogP contribution in [0.1, 0.15) is 11.1 Å². The molecule has 0 fully saturated rings. The first kappa shape index (κ1) is 6.93. The second-order valence-electron chi connectivity index (χ2n) is 2.85. The molecule has 0 radical (unpaired) electrons. The number of fused-ring (bicyclic) bond motifs is 1. The third-order valence-electron chi connectivity index (χ3n) is 2.10. The first-order valence-corrected chi connectivity index (χ1v) is 3.80. The van der Waals surface area contributed by atoms with Crippen molar-refractivity contribution in [3.05, 3.63) is 41.1 Å². The number of hydrogen-bond donors (Lipinski definition) is 1. The van der Waals surface area contributed by atoms with Crippen molar-refractivity contribution in [2.45, 2.75) is 6.42 Å². The third kappa shape index (κ3) is 0.802. The molecule has 1 aromatic rings. The van der Waals surface area contributed by atoms with E-state index in [9.17, 15) is 0 Å². The average Bonchev–Trinajstić information content (AvgIpc) is 2.40. The van der Waals surface area contributed by atoms with Crippen LogP contribution < -0.4 is 5.73 Å². The maximum atomic E-state index is 8.80. The van der Waals surface area contributed by atoms with Crippen LogP contribution in [0.3, 0.4) is 0 Å². The van der Waals surface area contributed by atoms with Crippen LogP contribution >= 0.6 is 0 Å². The number of nitrogens with two attached hydrogens (primary N) is 1. The molecule has 1 aliphatic carbocycles. The number of nitriles is 1. The van der Waals surface area contributed by atoms with Crippen LogP contribution in [0.15, 0.2) is 30.0 Å². The zero-order chi connectivity index (χ0) is 8.55. The Balaban J connectivity index is 2.63. The fourth-order valence-electron chi connectivity index (χ4n) is 1.52. The van der Waals surface area contributed by atoms with Gasteiger partial charge in [0.1, 0.15) is 6.07 Å². The monoisotopic (exact) mass is 156 g/mol. The smallest absolute Gasteiger partial charge is 0.102 e. The highest BCUT2D eigenvalue weighted by Crippen LogP contribution is 2.29. The number of allylic oxidation sites excluding steroid dienone is 2. The van der Waals surface area contributed by atoms with Gasteiger partial charge in [0.25, 0.3) is 0 Å². The predicted octanol–water partition coefficient (Wildman–Crippen LogP) is 1.44. The van der Waals surface area contributed by atoms with Crippen LogP contribution in [0.25, 0.3) is 5.57 Å². The zero-order valence-corrected chi connectivity index (χ0v) is 6.54. The highest BCUT2D eigenvalue weighted by molar-refractivity contribution is 5.84. The molecule has 0 amide bonds. The Kier molecular flexibility index (Phi) is 1.38. The van der Waals surface area contributed by atoms with Crippen LogP contribution in [0.5, 0.6) is 0 Å². The molecule has 0 bridgehead atoms. The summed E-state index contributed by atoms with van der Waals surface area (Å²) >= 11 is 0. The molecule has 0 aromatic heterocycles. The van der Waals surface area contributed by atoms with Crippen molar-refractivity contribution < 1.29 is 0 Å². The van der Waals surface area contributed by atoms with Gasteiger partial charge < -0.3 is 5.73 Å². The van der Waals surface area contributed by atoms with E-state index in [4.69, 9.17) is 11.0 Å². The molecule has 1 aliphatic rings. The van der Waals surface area contributed by atoms with Gasteiger partial charge >= 0.3 is 0 Å². The highest BCUT2D eigenvalue weighted by atomic mass is 14.6. The fraction of sp³-hybridized carbons (Fsp3) is 0.100. The summed E-state index contributed by atoms with van der Waals surface area (Å²) in [5.74, 6) is 0. The summed E-state index contributed by atoms with van der Waals surface area (Å²) in [7, 11) is 0. The fourth-order valence-corrected chi connectivity index (χ4v) is 1.52. The molecule has 0 saturated carbocycles. The van der Waals surface area contributed by atoms with Gasteiger partial charge in [0.15, 0.2) is 0 Å². The van der Waals surface area contributed by atoms with E-state index in [2.05, 4.69) is 6.07 Å². The maximum absolute atomic E-state index is 8.80. The summed E-state index contributed by atoms with van der Waals surface area (Å²) in [5, 5.41) is 8.80. The lowest BCUT2D eigenvalue weighted by atomic mass is 10.1. The molecular weight excluding hydrogens is 148 g/mol. The van der Waals surface area contributed by atoms with Crippen molar-refractivity contribution in [3.63, 3.8) is 0 Å². The van der Waals surface area contributed by atoms with Gasteiger partial charge in [0.05, 0.1) is 5.57 Å². The molecule has 12 heavy (non-hydrogen) atoms. The van der Waals surface area contributed by atoms with Crippen LogP contribution in [0.2, 0.25) is 0 Å². The first-order valence-electron chi connectivity index (χ1n) is 3.80. The second kappa shape index (κ2) is 2.38. The molecule has 2 rings (SSSR count). The summed E-state index contributed by atoms with van der Waals surface area (Å²) in [6.07, 6.45) is 0.721. The van der Waals surface area contributed by atoms with Gasteiger partial charge in [-0.2, -0.15) is 5.26 Å². The molecule has 0 unspecified atom stereocenters. The van der Waals surface area contributed by atoms with Crippen molar-refractivity contribution in [3.8, 4) is 6.07 Å². The Labute approximate surface area is 70.9 Å². The van der Waals surface area contributed by atoms with Crippen molar-refractivity contribution in [1.29, 1.82) is 5.26 Å². The minimum absolute atomic E-state index is 0.644. The van der Waals surface area contributed by atoms with Crippen LogP contribution in [0, 0.1) is 11.3 Å². The largest absolute Gasteiger partial charge is 0.401 e. The van der Waals surface area contributed by atoms with Crippen molar-refractivity contribution in [1.82, 2.24) is 0 Å². The lowest BCUT2D eigenvalue weighted by molar-refractivity contribution is 1.16. The molecule has 2 heteroatoms. The summed E-state index contributed by atoms with van der Waals surface area (Å²) in [5.41, 5.74) is 9.19. The lowest BCUT2D eigenvalue weighted by Gasteiger charge is -1.95. The first-order chi connectivity index (χ1) is 5.83. The maximum Gasteiger partial charge on any atom is 0.102 e. The Hall–Kier alpha value is -1.75. The van der Waals surface area contributed by atoms with E-state index in [1.165, 1.54) is 0 Å². The molecular formula is C10H8N2. The average molecular weight is 156 g/mol. The van der Waals surface area contributed by atoms with Gasteiger partial charge in [-0.05, 0) is 11.1 Å². The number of nitrogens with zero attached hydrogens (tertiary/aromatic N) is 1. The molecule has 0 saturated heterocycles. The molecule has 1 aromatic carbocycles. The summed E-state index contributed by atoms with van der Waals surface area (Å²) in [6, 6.07) is 9.96. The van der Waals surface area contributed by atoms with Crippen molar-refractivity contribution in [2.24, 2.45) is 5.73 Å². The van der Waals surface area contributed by atoms with E-state index < -0.39 is 0 Å². The Morgan fingerprint density at radius 3 is 2.83 bits per heavy atom. The van der Waals surface area contributed by atoms with E-state index in [1.54, 1.807) is 0 Å². The van der Waals surface area contributed by atoms with Crippen LogP contribution in [0.4, 0.5) is 0 Å². The molecule has 2 nitrogen and oxygen atoms in total. The van der Waals surface area contributed by atoms with Crippen molar-refractivity contribution in [2.75, 3.05) is 0 Å². The summed E-state index contributed by atoms with van der Waals surface area (Å²) in [4.78, 5) is 0. The predicted molar refractivity (Wildman–Crippen MR) is 46.9 cm³/mol. The zero-order valence-electron chi connectivity index (χ0n) is 6.54. The minimum Gasteiger partial charge on any atom is -0.401 e. The van der Waals surface area contributed by atoms with Crippen molar-refractivity contribution >= 4 is 5.57 Å². The van der Waals surface area contributed by atoms with Gasteiger partial charge in [-0.1, -0.05) is 24.3 Å². The lowest BCUT2D eigenvalue weighted by Crippen LogP contribution is -1.96. The van der Waals surface area contributed by atoms with E-state index in [-0.39, 0.29) is 0 Å². The normalized spacial score (nSPS) is 14.2. The van der Waals surface area contributed by atoms with Crippen LogP contribution in [-0.2, 0) is 6.42 Å². The summed E-state index contributed by atoms with van der Waals surface area (Å²) < 4.78 is 0. The Morgan fingerprint density at radius 1 is 1.33 bits per heavy atom. The van der Waals surface area contributed by atoms with E-state index in [0.717, 1.165) is 17.5 Å². The topological polar surface area (TPSA) is 49.8 Å². The quantitative estimate of drug-likeness (QED) is 0.617. The number of benzene rings is 1. The molecule has 0 aliphatic heterocycles. The molecule has 0 spiro atoms. The SMILES string of the molecule is N#CC1=C(N)Cc2ccccc21. The van der Waals surface area contributed by atoms with Gasteiger partial charge in [0.2, 0.25) is 0 Å². The minimum atomic E-state index is 0.644. The Morgan fingerprint density at radius 2 is 2.08 bits per heavy atom. The van der Waals surface area contributed by atoms with E-state index in [0.29, 0.717) is 11.3 Å². The second-order valence-corrected chi connectivity index (χ2v) is 2.85. The van der Waals surface area contributed by atoms with Gasteiger partial charge in [-0.3, -0.25) is 0 Å². The van der Waals surface area contributed by atoms with E-state index >= 15 is 0 Å². The standard InChI is InChI=1S/C10H8N2/c11-6-9-8-4-2-1-3-7(8)5-10(9)12/h1-4H,5,12H2. The number of rotatable bonds is 0. The van der Waals surface area contributed by atoms with Gasteiger partial charge in [0, 0.05) is 12.1 Å². The molecule has 58 valence electrons.